The molecule has 0 unspecified atom stereocenters. The minimum absolute atomic E-state index is 0.0840. The molecule has 0 bridgehead atoms. The first-order chi connectivity index (χ1) is 22.1. The number of hydrogen-bond donors (Lipinski definition) is 2. The first kappa shape index (κ1) is 32.3. The average Bonchev–Trinajstić information content (AvgIpc) is 3.69. The van der Waals surface area contributed by atoms with Gasteiger partial charge in [-0.15, -0.1) is 0 Å². The van der Waals surface area contributed by atoms with Crippen LogP contribution in [0, 0.1) is 40.4 Å². The molecule has 2 amide bonds. The van der Waals surface area contributed by atoms with Gasteiger partial charge in [-0.25, -0.2) is 0 Å². The topological polar surface area (TPSA) is 84.3 Å². The fraction of sp³-hybridized carbons (Fsp3) is 0.744. The molecule has 6 fully saturated rings. The fourth-order valence-corrected chi connectivity index (χ4v) is 12.1. The van der Waals surface area contributed by atoms with Gasteiger partial charge in [0.15, 0.2) is 0 Å². The molecule has 252 valence electrons. The van der Waals surface area contributed by atoms with Crippen molar-refractivity contribution in [3.63, 3.8) is 0 Å². The summed E-state index contributed by atoms with van der Waals surface area (Å²) in [6.45, 7) is 10.6. The summed E-state index contributed by atoms with van der Waals surface area (Å²) in [4.78, 5) is 33.1. The van der Waals surface area contributed by atoms with E-state index in [1.54, 1.807) is 11.0 Å². The van der Waals surface area contributed by atoms with Gasteiger partial charge in [-0.05, 0) is 123 Å². The lowest BCUT2D eigenvalue weighted by atomic mass is 9.44. The molecule has 11 atom stereocenters. The Bertz CT molecular complexity index is 1290. The molecular weight excluding hydrogens is 574 g/mol. The fourth-order valence-electron chi connectivity index (χ4n) is 12.1. The molecule has 2 aliphatic heterocycles. The van der Waals surface area contributed by atoms with E-state index >= 15 is 0 Å². The largest absolute Gasteiger partial charge is 0.393 e. The van der Waals surface area contributed by atoms with E-state index in [1.807, 2.05) is 48.2 Å². The number of carbonyl (C=O) groups excluding carboxylic acids is 2. The monoisotopic (exact) mass is 631 g/mol. The molecule has 4 aliphatic carbocycles. The number of amides is 2. The number of aliphatic hydroxyl groups is 2. The highest BCUT2D eigenvalue weighted by Gasteiger charge is 2.62. The first-order valence-corrected chi connectivity index (χ1v) is 18.5. The Morgan fingerprint density at radius 2 is 1.65 bits per heavy atom. The minimum Gasteiger partial charge on any atom is -0.393 e. The van der Waals surface area contributed by atoms with Crippen LogP contribution >= 0.6 is 0 Å². The molecule has 0 spiro atoms. The molecule has 2 N–H and O–H groups in total. The molecule has 2 saturated heterocycles. The molecule has 1 aromatic rings. The highest BCUT2D eigenvalue weighted by Crippen LogP contribution is 2.68. The Kier molecular flexibility index (Phi) is 8.90. The summed E-state index contributed by atoms with van der Waals surface area (Å²) in [6.07, 6.45) is 13.9. The number of fused-ring (bicyclic) bond motifs is 5. The number of rotatable bonds is 5. The van der Waals surface area contributed by atoms with Gasteiger partial charge in [0.2, 0.25) is 11.8 Å². The molecule has 0 aromatic heterocycles. The van der Waals surface area contributed by atoms with Crippen LogP contribution in [0.3, 0.4) is 0 Å². The van der Waals surface area contributed by atoms with E-state index in [1.165, 1.54) is 38.5 Å². The number of aliphatic hydroxyl groups excluding tert-OH is 2. The number of hydrogen-bond acceptors (Lipinski definition) is 5. The van der Waals surface area contributed by atoms with E-state index in [-0.39, 0.29) is 46.9 Å². The minimum atomic E-state index is -0.375. The summed E-state index contributed by atoms with van der Waals surface area (Å²) >= 11 is 0. The zero-order valence-corrected chi connectivity index (χ0v) is 28.4. The lowest BCUT2D eigenvalue weighted by Gasteiger charge is -2.63. The van der Waals surface area contributed by atoms with Crippen molar-refractivity contribution >= 4 is 17.9 Å². The van der Waals surface area contributed by atoms with Crippen molar-refractivity contribution in [3.8, 4) is 0 Å². The quantitative estimate of drug-likeness (QED) is 0.436. The second-order valence-corrected chi connectivity index (χ2v) is 16.5. The Labute approximate surface area is 276 Å². The lowest BCUT2D eigenvalue weighted by molar-refractivity contribution is -0.157. The zero-order valence-electron chi connectivity index (χ0n) is 28.4. The van der Waals surface area contributed by atoms with Crippen molar-refractivity contribution < 1.29 is 19.8 Å². The van der Waals surface area contributed by atoms with Crippen LogP contribution in [0.25, 0.3) is 6.08 Å². The molecule has 2 heterocycles. The molecule has 7 heteroatoms. The van der Waals surface area contributed by atoms with Gasteiger partial charge < -0.3 is 20.0 Å². The summed E-state index contributed by atoms with van der Waals surface area (Å²) in [5.41, 5.74) is 1.49. The van der Waals surface area contributed by atoms with Crippen LogP contribution < -0.4 is 0 Å². The predicted octanol–water partition coefficient (Wildman–Crippen LogP) is 5.21. The second kappa shape index (κ2) is 12.7. The number of piperazine rings is 1. The Hall–Kier alpha value is -2.22. The predicted molar refractivity (Wildman–Crippen MR) is 180 cm³/mol. The summed E-state index contributed by atoms with van der Waals surface area (Å²) < 4.78 is 0. The smallest absolute Gasteiger partial charge is 0.247 e. The zero-order chi connectivity index (χ0) is 32.2. The maximum absolute atomic E-state index is 13.7. The van der Waals surface area contributed by atoms with Gasteiger partial charge in [0.05, 0.1) is 12.2 Å². The number of nitrogens with zero attached hydrogens (tertiary/aromatic N) is 3. The normalized spacial score (nSPS) is 42.0. The van der Waals surface area contributed by atoms with E-state index in [9.17, 15) is 19.8 Å². The molecule has 0 radical (unpaired) electrons. The van der Waals surface area contributed by atoms with E-state index in [4.69, 9.17) is 0 Å². The van der Waals surface area contributed by atoms with Crippen molar-refractivity contribution in [2.24, 2.45) is 40.4 Å². The highest BCUT2D eigenvalue weighted by atomic mass is 16.3. The Morgan fingerprint density at radius 3 is 2.39 bits per heavy atom. The SMILES string of the molecule is C[C@@H](O)[C@H]1CC[C@H]2[C@@H]3CC[C@H]4C[C@H](O)[C@@H](N5CCN(C(=O)[C@@H]6CCCN6C(=O)/C=C/c6ccccc6)CC5)C[C@]4(C)[C@H]3CC[C@]12C. The summed E-state index contributed by atoms with van der Waals surface area (Å²) in [5.74, 6) is 3.19. The molecule has 7 rings (SSSR count). The maximum Gasteiger partial charge on any atom is 0.247 e. The van der Waals surface area contributed by atoms with Crippen molar-refractivity contribution in [2.75, 3.05) is 32.7 Å². The van der Waals surface area contributed by atoms with E-state index in [0.717, 1.165) is 56.2 Å². The van der Waals surface area contributed by atoms with Gasteiger partial charge in [-0.3, -0.25) is 14.5 Å². The van der Waals surface area contributed by atoms with Crippen molar-refractivity contribution in [3.05, 3.63) is 42.0 Å². The molecule has 4 saturated carbocycles. The van der Waals surface area contributed by atoms with Crippen LogP contribution in [0.1, 0.15) is 90.5 Å². The van der Waals surface area contributed by atoms with Gasteiger partial charge in [0.25, 0.3) is 0 Å². The average molecular weight is 632 g/mol. The van der Waals surface area contributed by atoms with Gasteiger partial charge in [0, 0.05) is 44.8 Å². The Morgan fingerprint density at radius 1 is 0.913 bits per heavy atom. The van der Waals surface area contributed by atoms with Gasteiger partial charge in [-0.2, -0.15) is 0 Å². The summed E-state index contributed by atoms with van der Waals surface area (Å²) in [7, 11) is 0. The van der Waals surface area contributed by atoms with Crippen LogP contribution in [0.2, 0.25) is 0 Å². The maximum atomic E-state index is 13.7. The van der Waals surface area contributed by atoms with E-state index in [0.29, 0.717) is 37.4 Å². The third-order valence-electron chi connectivity index (χ3n) is 14.5. The Balaban J connectivity index is 0.981. The van der Waals surface area contributed by atoms with Crippen LogP contribution in [0.15, 0.2) is 36.4 Å². The molecule has 7 nitrogen and oxygen atoms in total. The summed E-state index contributed by atoms with van der Waals surface area (Å²) in [6, 6.07) is 9.59. The third kappa shape index (κ3) is 5.56. The van der Waals surface area contributed by atoms with Crippen LogP contribution in [0.5, 0.6) is 0 Å². The van der Waals surface area contributed by atoms with Crippen LogP contribution in [0.4, 0.5) is 0 Å². The van der Waals surface area contributed by atoms with Crippen molar-refractivity contribution in [2.45, 2.75) is 109 Å². The van der Waals surface area contributed by atoms with Gasteiger partial charge in [0.1, 0.15) is 6.04 Å². The number of benzene rings is 1. The molecule has 1 aromatic carbocycles. The molecule has 46 heavy (non-hydrogen) atoms. The van der Waals surface area contributed by atoms with Crippen LogP contribution in [-0.4, -0.2) is 93.7 Å². The van der Waals surface area contributed by atoms with E-state index < -0.39 is 0 Å². The van der Waals surface area contributed by atoms with Crippen molar-refractivity contribution in [1.82, 2.24) is 14.7 Å². The first-order valence-electron chi connectivity index (χ1n) is 18.5. The van der Waals surface area contributed by atoms with Gasteiger partial charge >= 0.3 is 0 Å². The van der Waals surface area contributed by atoms with Crippen molar-refractivity contribution in [1.29, 1.82) is 0 Å². The second-order valence-electron chi connectivity index (χ2n) is 16.5. The van der Waals surface area contributed by atoms with Crippen LogP contribution in [-0.2, 0) is 9.59 Å². The molecular formula is C39H57N3O4. The standard InChI is InChI=1S/C39H57N3O4/c1-26(43)30-14-15-31-29-13-12-28-24-35(44)34(25-39(28,3)32(29)17-18-38(30,31)2)40-20-22-41(23-21-40)37(46)33-10-7-19-42(33)36(45)16-11-27-8-5-4-6-9-27/h4-6,8-9,11,16,26,28-35,43-44H,7,10,12-15,17-25H2,1-3H3/b16-11+/t26-,28+,29+,30-,31+,32+,33+,34+,35+,38-,39+/m1/s1. The van der Waals surface area contributed by atoms with Gasteiger partial charge in [-0.1, -0.05) is 44.2 Å². The highest BCUT2D eigenvalue weighted by molar-refractivity contribution is 5.96. The third-order valence-corrected chi connectivity index (χ3v) is 14.5. The number of likely N-dealkylation sites (tertiary alicyclic amines) is 1. The van der Waals surface area contributed by atoms with E-state index in [2.05, 4.69) is 18.7 Å². The number of carbonyl (C=O) groups is 2. The molecule has 6 aliphatic rings. The lowest BCUT2D eigenvalue weighted by Crippen LogP contribution is -2.62. The summed E-state index contributed by atoms with van der Waals surface area (Å²) in [5, 5.41) is 22.2.